The van der Waals surface area contributed by atoms with E-state index in [2.05, 4.69) is 20.5 Å². The highest BCUT2D eigenvalue weighted by molar-refractivity contribution is 5.94. The van der Waals surface area contributed by atoms with Crippen LogP contribution in [0.25, 0.3) is 0 Å². The van der Waals surface area contributed by atoms with Crippen molar-refractivity contribution in [3.8, 4) is 0 Å². The minimum Gasteiger partial charge on any atom is -0.336 e. The third kappa shape index (κ3) is 4.89. The summed E-state index contributed by atoms with van der Waals surface area (Å²) in [5.74, 6) is -0.0958. The standard InChI is InChI=1S/C18H25N5O2/c1-11-6-7-16(19-9-11)20-17(24)10-23(5)18(25)12(2)8-15-13(3)21-22-14(15)4/h6-7,9,12H,8,10H2,1-5H3,(H,21,22)(H,19,20,24)/t12-/m0/s1. The number of H-pyrrole nitrogens is 1. The quantitative estimate of drug-likeness (QED) is 0.839. The predicted octanol–water partition coefficient (Wildman–Crippen LogP) is 2.01. The van der Waals surface area contributed by atoms with Crippen LogP contribution in [-0.4, -0.2) is 45.5 Å². The minimum absolute atomic E-state index is 0.0118. The lowest BCUT2D eigenvalue weighted by Crippen LogP contribution is -2.38. The Labute approximate surface area is 147 Å². The maximum atomic E-state index is 12.5. The number of hydrogen-bond donors (Lipinski definition) is 2. The van der Waals surface area contributed by atoms with Gasteiger partial charge >= 0.3 is 0 Å². The van der Waals surface area contributed by atoms with Crippen molar-refractivity contribution in [2.24, 2.45) is 5.92 Å². The summed E-state index contributed by atoms with van der Waals surface area (Å²) in [6, 6.07) is 3.61. The highest BCUT2D eigenvalue weighted by Crippen LogP contribution is 2.16. The van der Waals surface area contributed by atoms with Crippen LogP contribution in [0.4, 0.5) is 5.82 Å². The molecular formula is C18H25N5O2. The van der Waals surface area contributed by atoms with Crippen molar-refractivity contribution in [3.05, 3.63) is 40.8 Å². The molecule has 0 aliphatic heterocycles. The molecule has 2 N–H and O–H groups in total. The van der Waals surface area contributed by atoms with Crippen LogP contribution in [0.3, 0.4) is 0 Å². The number of aromatic nitrogens is 3. The zero-order valence-corrected chi connectivity index (χ0v) is 15.4. The van der Waals surface area contributed by atoms with E-state index in [1.165, 1.54) is 4.90 Å². The van der Waals surface area contributed by atoms with Crippen molar-refractivity contribution < 1.29 is 9.59 Å². The first-order valence-corrected chi connectivity index (χ1v) is 8.26. The average molecular weight is 343 g/mol. The van der Waals surface area contributed by atoms with Gasteiger partial charge in [-0.15, -0.1) is 0 Å². The number of nitrogens with one attached hydrogen (secondary N) is 2. The highest BCUT2D eigenvalue weighted by atomic mass is 16.2. The van der Waals surface area contributed by atoms with E-state index < -0.39 is 0 Å². The molecule has 134 valence electrons. The first-order valence-electron chi connectivity index (χ1n) is 8.26. The molecular weight excluding hydrogens is 318 g/mol. The van der Waals surface area contributed by atoms with Crippen LogP contribution >= 0.6 is 0 Å². The van der Waals surface area contributed by atoms with E-state index in [4.69, 9.17) is 0 Å². The Balaban J connectivity index is 1.90. The van der Waals surface area contributed by atoms with Crippen LogP contribution in [-0.2, 0) is 16.0 Å². The Morgan fingerprint density at radius 3 is 2.56 bits per heavy atom. The number of amides is 2. The summed E-state index contributed by atoms with van der Waals surface area (Å²) in [6.07, 6.45) is 2.28. The van der Waals surface area contributed by atoms with Crippen LogP contribution in [0.15, 0.2) is 18.3 Å². The Hall–Kier alpha value is -2.70. The lowest BCUT2D eigenvalue weighted by atomic mass is 9.98. The average Bonchev–Trinajstić information content (AvgIpc) is 2.88. The lowest BCUT2D eigenvalue weighted by molar-refractivity contribution is -0.136. The molecule has 7 nitrogen and oxygen atoms in total. The number of aromatic amines is 1. The van der Waals surface area contributed by atoms with Gasteiger partial charge in [0.2, 0.25) is 11.8 Å². The van der Waals surface area contributed by atoms with E-state index in [9.17, 15) is 9.59 Å². The highest BCUT2D eigenvalue weighted by Gasteiger charge is 2.22. The van der Waals surface area contributed by atoms with Gasteiger partial charge in [0.25, 0.3) is 0 Å². The molecule has 25 heavy (non-hydrogen) atoms. The molecule has 2 aromatic heterocycles. The van der Waals surface area contributed by atoms with Gasteiger partial charge in [-0.2, -0.15) is 5.10 Å². The van der Waals surface area contributed by atoms with E-state index in [1.54, 1.807) is 19.3 Å². The molecule has 0 unspecified atom stereocenters. The third-order valence-electron chi connectivity index (χ3n) is 4.15. The Morgan fingerprint density at radius 1 is 1.28 bits per heavy atom. The Kier molecular flexibility index (Phi) is 5.90. The molecule has 1 atom stereocenters. The number of anilines is 1. The second-order valence-electron chi connectivity index (χ2n) is 6.48. The first kappa shape index (κ1) is 18.6. The number of nitrogens with zero attached hydrogens (tertiary/aromatic N) is 3. The SMILES string of the molecule is Cc1ccc(NC(=O)CN(C)C(=O)[C@@H](C)Cc2c(C)n[nH]c2C)nc1. The van der Waals surface area contributed by atoms with E-state index in [0.29, 0.717) is 12.2 Å². The van der Waals surface area contributed by atoms with Crippen molar-refractivity contribution in [1.82, 2.24) is 20.1 Å². The number of carbonyl (C=O) groups is 2. The normalized spacial score (nSPS) is 11.9. The fourth-order valence-corrected chi connectivity index (χ4v) is 2.66. The number of rotatable bonds is 6. The molecule has 0 aromatic carbocycles. The monoisotopic (exact) mass is 343 g/mol. The predicted molar refractivity (Wildman–Crippen MR) is 96.2 cm³/mol. The van der Waals surface area contributed by atoms with Crippen molar-refractivity contribution in [1.29, 1.82) is 0 Å². The molecule has 0 saturated heterocycles. The number of aryl methyl sites for hydroxylation is 3. The van der Waals surface area contributed by atoms with Gasteiger partial charge in [0.1, 0.15) is 5.82 Å². The van der Waals surface area contributed by atoms with Gasteiger partial charge in [-0.05, 0) is 44.4 Å². The molecule has 0 fully saturated rings. The van der Waals surface area contributed by atoms with Crippen LogP contribution in [0, 0.1) is 26.7 Å². The van der Waals surface area contributed by atoms with Crippen molar-refractivity contribution in [2.75, 3.05) is 18.9 Å². The van der Waals surface area contributed by atoms with Crippen molar-refractivity contribution in [3.63, 3.8) is 0 Å². The van der Waals surface area contributed by atoms with Crippen LogP contribution in [0.2, 0.25) is 0 Å². The summed E-state index contributed by atoms with van der Waals surface area (Å²) >= 11 is 0. The largest absolute Gasteiger partial charge is 0.336 e. The molecule has 0 bridgehead atoms. The Bertz CT molecular complexity index is 732. The van der Waals surface area contributed by atoms with Gasteiger partial charge in [-0.25, -0.2) is 4.98 Å². The molecule has 7 heteroatoms. The van der Waals surface area contributed by atoms with E-state index in [1.807, 2.05) is 33.8 Å². The fraction of sp³-hybridized carbons (Fsp3) is 0.444. The molecule has 2 amide bonds. The van der Waals surface area contributed by atoms with Gasteiger partial charge in [0.05, 0.1) is 12.2 Å². The van der Waals surface area contributed by atoms with Gasteiger partial charge < -0.3 is 10.2 Å². The number of pyridine rings is 1. The third-order valence-corrected chi connectivity index (χ3v) is 4.15. The number of likely N-dealkylation sites (N-methyl/N-ethyl adjacent to an activating group) is 1. The van der Waals surface area contributed by atoms with E-state index in [0.717, 1.165) is 22.5 Å². The van der Waals surface area contributed by atoms with E-state index >= 15 is 0 Å². The van der Waals surface area contributed by atoms with Crippen LogP contribution < -0.4 is 5.32 Å². The molecule has 0 aliphatic carbocycles. The Morgan fingerprint density at radius 2 is 2.00 bits per heavy atom. The van der Waals surface area contributed by atoms with Gasteiger partial charge in [-0.1, -0.05) is 13.0 Å². The summed E-state index contributed by atoms with van der Waals surface area (Å²) in [7, 11) is 1.63. The summed E-state index contributed by atoms with van der Waals surface area (Å²) < 4.78 is 0. The number of hydrogen-bond acceptors (Lipinski definition) is 4. The fourth-order valence-electron chi connectivity index (χ4n) is 2.66. The minimum atomic E-state index is -0.268. The second kappa shape index (κ2) is 7.92. The molecule has 2 rings (SSSR count). The second-order valence-corrected chi connectivity index (χ2v) is 6.48. The number of carbonyl (C=O) groups excluding carboxylic acids is 2. The molecule has 0 radical (unpaired) electrons. The maximum absolute atomic E-state index is 12.5. The van der Waals surface area contributed by atoms with Gasteiger partial charge in [0, 0.05) is 24.9 Å². The lowest BCUT2D eigenvalue weighted by Gasteiger charge is -2.21. The summed E-state index contributed by atoms with van der Waals surface area (Å²) in [4.78, 5) is 30.2. The molecule has 0 saturated carbocycles. The molecule has 2 aromatic rings. The van der Waals surface area contributed by atoms with Crippen molar-refractivity contribution >= 4 is 17.6 Å². The maximum Gasteiger partial charge on any atom is 0.245 e. The summed E-state index contributed by atoms with van der Waals surface area (Å²) in [5, 5.41) is 9.78. The van der Waals surface area contributed by atoms with Gasteiger partial charge in [0.15, 0.2) is 0 Å². The van der Waals surface area contributed by atoms with Crippen LogP contribution in [0.1, 0.15) is 29.4 Å². The zero-order chi connectivity index (χ0) is 18.6. The smallest absolute Gasteiger partial charge is 0.245 e. The van der Waals surface area contributed by atoms with E-state index in [-0.39, 0.29) is 24.3 Å². The van der Waals surface area contributed by atoms with Crippen molar-refractivity contribution in [2.45, 2.75) is 34.1 Å². The summed E-state index contributed by atoms with van der Waals surface area (Å²) in [6.45, 7) is 7.64. The van der Waals surface area contributed by atoms with Crippen LogP contribution in [0.5, 0.6) is 0 Å². The topological polar surface area (TPSA) is 91.0 Å². The zero-order valence-electron chi connectivity index (χ0n) is 15.4. The molecule has 0 spiro atoms. The molecule has 2 heterocycles. The summed E-state index contributed by atoms with van der Waals surface area (Å²) in [5.41, 5.74) is 3.96. The first-order chi connectivity index (χ1) is 11.8. The molecule has 0 aliphatic rings. The van der Waals surface area contributed by atoms with Gasteiger partial charge in [-0.3, -0.25) is 14.7 Å².